The summed E-state index contributed by atoms with van der Waals surface area (Å²) >= 11 is 0. The van der Waals surface area contributed by atoms with Crippen molar-refractivity contribution in [1.29, 1.82) is 0 Å². The molecule has 0 aromatic rings. The van der Waals surface area contributed by atoms with Crippen molar-refractivity contribution < 1.29 is 4.57 Å². The van der Waals surface area contributed by atoms with Crippen LogP contribution < -0.4 is 0 Å². The molecule has 0 amide bonds. The number of hydrogen-bond donors (Lipinski definition) is 0. The third kappa shape index (κ3) is 10.7. The van der Waals surface area contributed by atoms with E-state index in [1.165, 1.54) is 5.82 Å². The largest absolute Gasteiger partial charge is 0.320 e. The molecule has 0 fully saturated rings. The molecule has 0 heterocycles. The first-order valence-electron chi connectivity index (χ1n) is 1.74. The SMILES string of the molecule is C.C=CP(C)(C)=O. The lowest BCUT2D eigenvalue weighted by atomic mass is 11.3. The first-order chi connectivity index (χ1) is 2.56. The fraction of sp³-hybridized carbons (Fsp3) is 0.600. The van der Waals surface area contributed by atoms with Crippen LogP contribution in [-0.2, 0) is 4.57 Å². The zero-order chi connectivity index (χ0) is 5.21. The van der Waals surface area contributed by atoms with Crippen LogP contribution in [0.5, 0.6) is 0 Å². The predicted molar refractivity (Wildman–Crippen MR) is 36.4 cm³/mol. The first-order valence-corrected chi connectivity index (χ1v) is 4.41. The molecule has 0 aromatic carbocycles. The Labute approximate surface area is 45.8 Å². The Balaban J connectivity index is 0. The lowest BCUT2D eigenvalue weighted by Gasteiger charge is -1.90. The zero-order valence-electron chi connectivity index (χ0n) is 4.14. The molecule has 0 N–H and O–H groups in total. The molecular weight excluding hydrogens is 107 g/mol. The Morgan fingerprint density at radius 2 is 1.71 bits per heavy atom. The maximum absolute atomic E-state index is 10.5. The van der Waals surface area contributed by atoms with Crippen molar-refractivity contribution >= 4 is 7.14 Å². The van der Waals surface area contributed by atoms with Crippen LogP contribution in [0, 0.1) is 0 Å². The summed E-state index contributed by atoms with van der Waals surface area (Å²) in [6, 6.07) is 0. The van der Waals surface area contributed by atoms with E-state index in [0.717, 1.165) is 0 Å². The van der Waals surface area contributed by atoms with E-state index in [-0.39, 0.29) is 7.43 Å². The van der Waals surface area contributed by atoms with E-state index in [9.17, 15) is 4.57 Å². The molecule has 0 rings (SSSR count). The van der Waals surface area contributed by atoms with Crippen molar-refractivity contribution in [2.24, 2.45) is 0 Å². The average Bonchev–Trinajstić information content (AvgIpc) is 1.35. The third-order valence-electron chi connectivity index (χ3n) is 0.440. The second kappa shape index (κ2) is 3.04. The van der Waals surface area contributed by atoms with Gasteiger partial charge >= 0.3 is 0 Å². The van der Waals surface area contributed by atoms with E-state index in [2.05, 4.69) is 6.58 Å². The molecule has 1 nitrogen and oxygen atoms in total. The summed E-state index contributed by atoms with van der Waals surface area (Å²) in [5.41, 5.74) is 0. The number of rotatable bonds is 1. The lowest BCUT2D eigenvalue weighted by molar-refractivity contribution is 0.588. The van der Waals surface area contributed by atoms with Crippen molar-refractivity contribution in [3.8, 4) is 0 Å². The van der Waals surface area contributed by atoms with Crippen molar-refractivity contribution in [1.82, 2.24) is 0 Å². The van der Waals surface area contributed by atoms with Crippen LogP contribution in [0.3, 0.4) is 0 Å². The molecule has 0 aliphatic rings. The van der Waals surface area contributed by atoms with Gasteiger partial charge in [-0.05, 0) is 19.1 Å². The van der Waals surface area contributed by atoms with E-state index in [4.69, 9.17) is 0 Å². The monoisotopic (exact) mass is 120 g/mol. The van der Waals surface area contributed by atoms with Gasteiger partial charge in [-0.1, -0.05) is 14.0 Å². The average molecular weight is 120 g/mol. The molecule has 0 aromatic heterocycles. The maximum atomic E-state index is 10.5. The molecule has 0 radical (unpaired) electrons. The first kappa shape index (κ1) is 10.1. The normalized spacial score (nSPS) is 9.43. The van der Waals surface area contributed by atoms with Crippen LogP contribution in [0.4, 0.5) is 0 Å². The van der Waals surface area contributed by atoms with Gasteiger partial charge in [0.25, 0.3) is 0 Å². The fourth-order valence-electron chi connectivity index (χ4n) is 0. The van der Waals surface area contributed by atoms with Gasteiger partial charge in [0.15, 0.2) is 0 Å². The summed E-state index contributed by atoms with van der Waals surface area (Å²) in [6.45, 7) is 6.73. The second-order valence-corrected chi connectivity index (χ2v) is 4.85. The number of hydrogen-bond acceptors (Lipinski definition) is 1. The van der Waals surface area contributed by atoms with E-state index < -0.39 is 7.14 Å². The van der Waals surface area contributed by atoms with Crippen LogP contribution in [0.2, 0.25) is 0 Å². The maximum Gasteiger partial charge on any atom is 0.102 e. The standard InChI is InChI=1S/C4H9OP.CH4/c1-4-6(2,3)5;/h4H,1H2,2-3H3;1H4. The molecule has 0 saturated carbocycles. The summed E-state index contributed by atoms with van der Waals surface area (Å²) < 4.78 is 10.5. The van der Waals surface area contributed by atoms with Crippen LogP contribution in [-0.4, -0.2) is 13.3 Å². The topological polar surface area (TPSA) is 17.1 Å². The van der Waals surface area contributed by atoms with Gasteiger partial charge in [0, 0.05) is 0 Å². The smallest absolute Gasteiger partial charge is 0.102 e. The van der Waals surface area contributed by atoms with Crippen molar-refractivity contribution in [2.45, 2.75) is 7.43 Å². The molecule has 7 heavy (non-hydrogen) atoms. The third-order valence-corrected chi connectivity index (χ3v) is 1.32. The minimum atomic E-state index is -1.88. The Bertz CT molecular complexity index is 90.3. The Kier molecular flexibility index (Phi) is 4.36. The highest BCUT2D eigenvalue weighted by atomic mass is 31.2. The van der Waals surface area contributed by atoms with Crippen LogP contribution >= 0.6 is 7.14 Å². The summed E-state index contributed by atoms with van der Waals surface area (Å²) in [5, 5.41) is 0. The van der Waals surface area contributed by atoms with Gasteiger partial charge < -0.3 is 4.57 Å². The van der Waals surface area contributed by atoms with Gasteiger partial charge in [0.2, 0.25) is 0 Å². The molecule has 44 valence electrons. The van der Waals surface area contributed by atoms with E-state index in [0.29, 0.717) is 0 Å². The van der Waals surface area contributed by atoms with Gasteiger partial charge in [-0.25, -0.2) is 0 Å². The van der Waals surface area contributed by atoms with Crippen molar-refractivity contribution in [3.05, 3.63) is 12.4 Å². The molecule has 0 atom stereocenters. The van der Waals surface area contributed by atoms with Crippen LogP contribution in [0.1, 0.15) is 7.43 Å². The molecule has 0 spiro atoms. The Morgan fingerprint density at radius 3 is 1.71 bits per heavy atom. The van der Waals surface area contributed by atoms with Gasteiger partial charge in [-0.3, -0.25) is 0 Å². The molecule has 0 bridgehead atoms. The molecule has 2 heteroatoms. The highest BCUT2D eigenvalue weighted by Crippen LogP contribution is 2.35. The van der Waals surface area contributed by atoms with Gasteiger partial charge in [0.1, 0.15) is 7.14 Å². The zero-order valence-corrected chi connectivity index (χ0v) is 5.03. The summed E-state index contributed by atoms with van der Waals surface area (Å²) in [4.78, 5) is 0. The summed E-state index contributed by atoms with van der Waals surface area (Å²) in [7, 11) is -1.88. The van der Waals surface area contributed by atoms with Gasteiger partial charge in [-0.2, -0.15) is 0 Å². The summed E-state index contributed by atoms with van der Waals surface area (Å²) in [5.74, 6) is 1.49. The summed E-state index contributed by atoms with van der Waals surface area (Å²) in [6.07, 6.45) is 0. The van der Waals surface area contributed by atoms with Gasteiger partial charge in [0.05, 0.1) is 0 Å². The Morgan fingerprint density at radius 1 is 1.57 bits per heavy atom. The second-order valence-electron chi connectivity index (χ2n) is 1.62. The van der Waals surface area contributed by atoms with E-state index in [1.807, 2.05) is 0 Å². The van der Waals surface area contributed by atoms with Crippen molar-refractivity contribution in [2.75, 3.05) is 13.3 Å². The quantitative estimate of drug-likeness (QED) is 0.485. The molecule has 0 aliphatic carbocycles. The fourth-order valence-corrected chi connectivity index (χ4v) is 0. The van der Waals surface area contributed by atoms with Crippen molar-refractivity contribution in [3.63, 3.8) is 0 Å². The molecular formula is C5H13OP. The van der Waals surface area contributed by atoms with E-state index >= 15 is 0 Å². The predicted octanol–water partition coefficient (Wildman–Crippen LogP) is 2.39. The Hall–Kier alpha value is -0.0300. The van der Waals surface area contributed by atoms with Crippen LogP contribution in [0.15, 0.2) is 12.4 Å². The van der Waals surface area contributed by atoms with Gasteiger partial charge in [-0.15, -0.1) is 0 Å². The molecule has 0 unspecified atom stereocenters. The minimum absolute atomic E-state index is 0. The molecule has 0 aliphatic heterocycles. The highest BCUT2D eigenvalue weighted by Gasteiger charge is 1.94. The van der Waals surface area contributed by atoms with Crippen LogP contribution in [0.25, 0.3) is 0 Å². The highest BCUT2D eigenvalue weighted by molar-refractivity contribution is 7.65. The van der Waals surface area contributed by atoms with E-state index in [1.54, 1.807) is 13.3 Å². The minimum Gasteiger partial charge on any atom is -0.320 e. The molecule has 0 saturated heterocycles. The lowest BCUT2D eigenvalue weighted by Crippen LogP contribution is -1.59.